The van der Waals surface area contributed by atoms with Gasteiger partial charge in [0.1, 0.15) is 30.2 Å². The summed E-state index contributed by atoms with van der Waals surface area (Å²) in [4.78, 5) is 22.3. The number of rotatable bonds is 7. The van der Waals surface area contributed by atoms with Crippen molar-refractivity contribution >= 4 is 22.5 Å². The number of benzene rings is 2. The zero-order chi connectivity index (χ0) is 32.3. The first-order chi connectivity index (χ1) is 22.2. The molecule has 11 heteroatoms. The Morgan fingerprint density at radius 1 is 1.15 bits per heavy atom. The van der Waals surface area contributed by atoms with Gasteiger partial charge in [-0.2, -0.15) is 10.5 Å². The number of carbonyl (C=O) groups excluding carboxylic acids is 1. The quantitative estimate of drug-likeness (QED) is 0.324. The van der Waals surface area contributed by atoms with E-state index in [1.54, 1.807) is 6.07 Å². The van der Waals surface area contributed by atoms with Crippen LogP contribution in [0.15, 0.2) is 42.7 Å². The molecule has 2 aromatic carbocycles. The second-order valence-electron chi connectivity index (χ2n) is 12.9. The Labute approximate surface area is 265 Å². The zero-order valence-corrected chi connectivity index (χ0v) is 25.5. The summed E-state index contributed by atoms with van der Waals surface area (Å²) in [5.41, 5.74) is 4.55. The number of nitriles is 2. The van der Waals surface area contributed by atoms with Crippen molar-refractivity contribution in [3.05, 3.63) is 65.2 Å². The van der Waals surface area contributed by atoms with Crippen LogP contribution in [0.5, 0.6) is 5.88 Å². The van der Waals surface area contributed by atoms with Crippen molar-refractivity contribution in [3.8, 4) is 29.1 Å². The fourth-order valence-corrected chi connectivity index (χ4v) is 7.70. The van der Waals surface area contributed by atoms with Gasteiger partial charge < -0.3 is 14.5 Å². The topological polar surface area (TPSA) is 96.5 Å². The second kappa shape index (κ2) is 11.6. The van der Waals surface area contributed by atoms with Gasteiger partial charge in [0.25, 0.3) is 5.91 Å². The van der Waals surface area contributed by atoms with Gasteiger partial charge in [-0.05, 0) is 67.0 Å². The molecule has 46 heavy (non-hydrogen) atoms. The van der Waals surface area contributed by atoms with Gasteiger partial charge in [0.05, 0.1) is 29.7 Å². The van der Waals surface area contributed by atoms with Crippen molar-refractivity contribution in [1.82, 2.24) is 14.8 Å². The van der Waals surface area contributed by atoms with Crippen LogP contribution < -0.4 is 9.64 Å². The van der Waals surface area contributed by atoms with E-state index in [0.29, 0.717) is 40.4 Å². The first kappa shape index (κ1) is 30.1. The van der Waals surface area contributed by atoms with Gasteiger partial charge in [0, 0.05) is 43.2 Å². The molecule has 8 nitrogen and oxygen atoms in total. The molecule has 0 radical (unpaired) electrons. The van der Waals surface area contributed by atoms with Gasteiger partial charge in [-0.15, -0.1) is 0 Å². The molecule has 2 unspecified atom stereocenters. The van der Waals surface area contributed by atoms with Crippen LogP contribution in [0.1, 0.15) is 41.9 Å². The number of halogens is 3. The number of pyridine rings is 1. The zero-order valence-electron chi connectivity index (χ0n) is 25.5. The van der Waals surface area contributed by atoms with Crippen LogP contribution in [0.25, 0.3) is 22.0 Å². The highest BCUT2D eigenvalue weighted by atomic mass is 19.1. The largest absolute Gasteiger partial charge is 0.475 e. The van der Waals surface area contributed by atoms with Crippen LogP contribution >= 0.6 is 0 Å². The number of fused-ring (bicyclic) bond motifs is 4. The average Bonchev–Trinajstić information content (AvgIpc) is 3.58. The van der Waals surface area contributed by atoms with Crippen LogP contribution in [0.2, 0.25) is 0 Å². The van der Waals surface area contributed by atoms with E-state index in [1.165, 1.54) is 22.1 Å². The number of carbonyl (C=O) groups is 1. The lowest BCUT2D eigenvalue weighted by Gasteiger charge is -2.42. The van der Waals surface area contributed by atoms with E-state index >= 15 is 4.39 Å². The highest BCUT2D eigenvalue weighted by Gasteiger charge is 2.46. The van der Waals surface area contributed by atoms with E-state index in [4.69, 9.17) is 9.72 Å². The Balaban J connectivity index is 1.34. The molecule has 5 atom stereocenters. The van der Waals surface area contributed by atoms with E-state index in [0.717, 1.165) is 18.4 Å². The molecular formula is C35H33F3N6O2. The minimum atomic E-state index is -1.12. The normalized spacial score (nSPS) is 25.1. The third-order valence-corrected chi connectivity index (χ3v) is 10.1. The van der Waals surface area contributed by atoms with Crippen molar-refractivity contribution < 1.29 is 22.7 Å². The summed E-state index contributed by atoms with van der Waals surface area (Å²) in [7, 11) is 1.82. The predicted octanol–water partition coefficient (Wildman–Crippen LogP) is 5.41. The fourth-order valence-electron chi connectivity index (χ4n) is 7.70. The minimum Gasteiger partial charge on any atom is -0.475 e. The maximum absolute atomic E-state index is 16.2. The van der Waals surface area contributed by atoms with Crippen molar-refractivity contribution in [3.63, 3.8) is 0 Å². The molecule has 1 saturated carbocycles. The molecule has 2 aliphatic carbocycles. The van der Waals surface area contributed by atoms with E-state index in [-0.39, 0.29) is 56.7 Å². The molecule has 3 heterocycles. The van der Waals surface area contributed by atoms with Gasteiger partial charge in [-0.25, -0.2) is 18.2 Å². The number of amides is 1. The third-order valence-electron chi connectivity index (χ3n) is 10.1. The molecule has 2 saturated heterocycles. The summed E-state index contributed by atoms with van der Waals surface area (Å²) in [6.07, 6.45) is 1.34. The SMILES string of the molecule is C=C(F)C(=O)N1CCN(c2c(C#N)c(OC[C@@H]3C[C@@H](F)CN3C)nc3cc(-c4cccc5c4C4CC4C5)c(F)cc23)C[C@@H]1CC#N. The van der Waals surface area contributed by atoms with E-state index in [2.05, 4.69) is 24.8 Å². The molecule has 1 amide bonds. The van der Waals surface area contributed by atoms with Crippen LogP contribution in [-0.4, -0.2) is 78.8 Å². The molecule has 2 aliphatic heterocycles. The summed E-state index contributed by atoms with van der Waals surface area (Å²) < 4.78 is 50.4. The van der Waals surface area contributed by atoms with Crippen LogP contribution in [0, 0.1) is 34.4 Å². The smallest absolute Gasteiger partial charge is 0.282 e. The standard InChI is InChI=1S/C35H33F3N6O2/c1-19(36)35(45)44-9-8-43(17-23(44)6-7-39)33-28-13-30(38)27(25-5-3-4-20-10-21-11-26(21)32(20)25)14-31(28)41-34(29(33)15-40)46-18-24-12-22(37)16-42(24)2/h3-5,13-14,21-24,26H,1,6,8-12,16-18H2,2H3/t21?,22-,23+,24+,26?/m1/s1. The average molecular weight is 627 g/mol. The molecule has 0 spiro atoms. The number of anilines is 1. The summed E-state index contributed by atoms with van der Waals surface area (Å²) in [6, 6.07) is 12.4. The second-order valence-corrected chi connectivity index (χ2v) is 12.9. The fraction of sp³-hybridized carbons (Fsp3) is 0.429. The first-order valence-corrected chi connectivity index (χ1v) is 15.6. The summed E-state index contributed by atoms with van der Waals surface area (Å²) in [5, 5.41) is 20.4. The highest BCUT2D eigenvalue weighted by molar-refractivity contribution is 5.99. The molecule has 3 aromatic rings. The van der Waals surface area contributed by atoms with Crippen molar-refractivity contribution in [2.24, 2.45) is 5.92 Å². The van der Waals surface area contributed by atoms with Crippen molar-refractivity contribution in [1.29, 1.82) is 10.5 Å². The Morgan fingerprint density at radius 2 is 1.98 bits per heavy atom. The third kappa shape index (κ3) is 5.13. The van der Waals surface area contributed by atoms with Crippen molar-refractivity contribution in [2.75, 3.05) is 44.7 Å². The number of hydrogen-bond donors (Lipinski definition) is 0. The van der Waals surface area contributed by atoms with Gasteiger partial charge in [0.2, 0.25) is 5.88 Å². The molecule has 4 aliphatic rings. The van der Waals surface area contributed by atoms with Crippen LogP contribution in [0.3, 0.4) is 0 Å². The number of ether oxygens (including phenoxy) is 1. The van der Waals surface area contributed by atoms with E-state index in [1.807, 2.05) is 29.0 Å². The summed E-state index contributed by atoms with van der Waals surface area (Å²) in [6.45, 7) is 3.85. The number of likely N-dealkylation sites (tertiary alicyclic amines) is 1. The predicted molar refractivity (Wildman–Crippen MR) is 166 cm³/mol. The molecule has 3 fully saturated rings. The molecule has 0 bridgehead atoms. The Kier molecular flexibility index (Phi) is 7.60. The molecule has 236 valence electrons. The summed E-state index contributed by atoms with van der Waals surface area (Å²) >= 11 is 0. The van der Waals surface area contributed by atoms with E-state index in [9.17, 15) is 24.1 Å². The lowest BCUT2D eigenvalue weighted by molar-refractivity contribution is -0.131. The number of hydrogen-bond acceptors (Lipinski definition) is 7. The lowest BCUT2D eigenvalue weighted by Crippen LogP contribution is -2.55. The number of piperazine rings is 1. The van der Waals surface area contributed by atoms with Gasteiger partial charge in [-0.3, -0.25) is 9.69 Å². The lowest BCUT2D eigenvalue weighted by atomic mass is 9.92. The highest BCUT2D eigenvalue weighted by Crippen LogP contribution is 2.59. The Bertz CT molecular complexity index is 1850. The number of aromatic nitrogens is 1. The van der Waals surface area contributed by atoms with Crippen LogP contribution in [0.4, 0.5) is 18.9 Å². The number of likely N-dealkylation sites (N-methyl/N-ethyl adjacent to an activating group) is 1. The molecule has 0 N–H and O–H groups in total. The molecule has 7 rings (SSSR count). The number of nitrogens with zero attached hydrogens (tertiary/aromatic N) is 6. The Hall–Kier alpha value is -4.61. The number of alkyl halides is 1. The van der Waals surface area contributed by atoms with Crippen LogP contribution in [-0.2, 0) is 11.2 Å². The maximum Gasteiger partial charge on any atom is 0.282 e. The molecular weight excluding hydrogens is 593 g/mol. The maximum atomic E-state index is 16.2. The van der Waals surface area contributed by atoms with Gasteiger partial charge >= 0.3 is 0 Å². The first-order valence-electron chi connectivity index (χ1n) is 15.6. The van der Waals surface area contributed by atoms with Gasteiger partial charge in [-0.1, -0.05) is 24.8 Å². The van der Waals surface area contributed by atoms with Crippen molar-refractivity contribution in [2.45, 2.75) is 49.9 Å². The minimum absolute atomic E-state index is 0.0475. The van der Waals surface area contributed by atoms with E-state index < -0.39 is 29.8 Å². The van der Waals surface area contributed by atoms with Gasteiger partial charge in [0.15, 0.2) is 5.83 Å². The summed E-state index contributed by atoms with van der Waals surface area (Å²) in [5.74, 6) is -1.37. The molecule has 1 aromatic heterocycles. The monoisotopic (exact) mass is 626 g/mol. The Morgan fingerprint density at radius 3 is 2.70 bits per heavy atom.